The molecule has 3 rings (SSSR count). The van der Waals surface area contributed by atoms with Crippen LogP contribution in [0.4, 0.5) is 0 Å². The predicted molar refractivity (Wildman–Crippen MR) is 47.7 cm³/mol. The first-order valence-electron chi connectivity index (χ1n) is 5.40. The first-order valence-corrected chi connectivity index (χ1v) is 5.40. The molecule has 0 aromatic carbocycles. The average molecular weight is 166 g/mol. The minimum atomic E-state index is 0.0295. The van der Waals surface area contributed by atoms with Gasteiger partial charge in [0, 0.05) is 0 Å². The van der Waals surface area contributed by atoms with E-state index < -0.39 is 0 Å². The van der Waals surface area contributed by atoms with Gasteiger partial charge in [0.2, 0.25) is 0 Å². The highest BCUT2D eigenvalue weighted by molar-refractivity contribution is 5.09. The van der Waals surface area contributed by atoms with E-state index in [0.717, 1.165) is 24.2 Å². The molecule has 5 atom stereocenters. The fourth-order valence-corrected chi connectivity index (χ4v) is 4.44. The van der Waals surface area contributed by atoms with Gasteiger partial charge in [-0.25, -0.2) is 0 Å². The fourth-order valence-electron chi connectivity index (χ4n) is 4.44. The Bertz CT molecular complexity index is 213. The highest BCUT2D eigenvalue weighted by Crippen LogP contribution is 2.65. The molecule has 0 aromatic rings. The second-order valence-electron chi connectivity index (χ2n) is 5.42. The maximum absolute atomic E-state index is 9.93. The van der Waals surface area contributed by atoms with Crippen LogP contribution in [0.25, 0.3) is 0 Å². The maximum atomic E-state index is 9.93. The van der Waals surface area contributed by atoms with Gasteiger partial charge >= 0.3 is 0 Å². The zero-order valence-corrected chi connectivity index (χ0v) is 7.79. The summed E-state index contributed by atoms with van der Waals surface area (Å²) in [6.45, 7) is 2.33. The van der Waals surface area contributed by atoms with Gasteiger partial charge in [-0.15, -0.1) is 0 Å². The second-order valence-corrected chi connectivity index (χ2v) is 5.42. The van der Waals surface area contributed by atoms with E-state index in [1.54, 1.807) is 0 Å². The van der Waals surface area contributed by atoms with Gasteiger partial charge in [-0.05, 0) is 48.9 Å². The van der Waals surface area contributed by atoms with Crippen LogP contribution in [-0.2, 0) is 0 Å². The van der Waals surface area contributed by atoms with E-state index in [-0.39, 0.29) is 6.10 Å². The molecule has 12 heavy (non-hydrogen) atoms. The molecule has 0 spiro atoms. The number of hydrogen-bond acceptors (Lipinski definition) is 1. The van der Waals surface area contributed by atoms with Crippen LogP contribution in [0.1, 0.15) is 39.0 Å². The summed E-state index contributed by atoms with van der Waals surface area (Å²) >= 11 is 0. The van der Waals surface area contributed by atoms with Crippen molar-refractivity contribution in [2.75, 3.05) is 0 Å². The Morgan fingerprint density at radius 1 is 1.33 bits per heavy atom. The summed E-state index contributed by atoms with van der Waals surface area (Å²) in [7, 11) is 0. The normalized spacial score (nSPS) is 62.5. The van der Waals surface area contributed by atoms with Gasteiger partial charge in [-0.2, -0.15) is 0 Å². The Morgan fingerprint density at radius 2 is 2.17 bits per heavy atom. The van der Waals surface area contributed by atoms with Crippen molar-refractivity contribution in [2.45, 2.75) is 45.1 Å². The third-order valence-corrected chi connectivity index (χ3v) is 5.01. The van der Waals surface area contributed by atoms with Crippen molar-refractivity contribution in [3.63, 3.8) is 0 Å². The third-order valence-electron chi connectivity index (χ3n) is 5.01. The van der Waals surface area contributed by atoms with Gasteiger partial charge in [-0.3, -0.25) is 0 Å². The lowest BCUT2D eigenvalue weighted by Crippen LogP contribution is -2.36. The highest BCUT2D eigenvalue weighted by Gasteiger charge is 2.60. The first-order chi connectivity index (χ1) is 5.72. The SMILES string of the molecule is CC12CC(CC1O)C1CCCC12. The van der Waals surface area contributed by atoms with E-state index in [1.807, 2.05) is 0 Å². The minimum Gasteiger partial charge on any atom is -0.393 e. The molecule has 3 aliphatic rings. The summed E-state index contributed by atoms with van der Waals surface area (Å²) in [4.78, 5) is 0. The second kappa shape index (κ2) is 2.06. The molecule has 0 aromatic heterocycles. The smallest absolute Gasteiger partial charge is 0.0599 e. The lowest BCUT2D eigenvalue weighted by atomic mass is 9.71. The van der Waals surface area contributed by atoms with Crippen LogP contribution in [0.15, 0.2) is 0 Å². The van der Waals surface area contributed by atoms with Crippen LogP contribution in [0.2, 0.25) is 0 Å². The van der Waals surface area contributed by atoms with E-state index in [9.17, 15) is 5.11 Å². The molecule has 0 saturated heterocycles. The molecule has 5 unspecified atom stereocenters. The molecule has 2 bridgehead atoms. The van der Waals surface area contributed by atoms with Crippen molar-refractivity contribution in [1.82, 2.24) is 0 Å². The summed E-state index contributed by atoms with van der Waals surface area (Å²) in [5.41, 5.74) is 0.325. The summed E-state index contributed by atoms with van der Waals surface area (Å²) in [6.07, 6.45) is 6.74. The molecule has 68 valence electrons. The highest BCUT2D eigenvalue weighted by atomic mass is 16.3. The zero-order valence-electron chi connectivity index (χ0n) is 7.79. The summed E-state index contributed by atoms with van der Waals surface area (Å²) < 4.78 is 0. The minimum absolute atomic E-state index is 0.0295. The summed E-state index contributed by atoms with van der Waals surface area (Å²) in [6, 6.07) is 0. The zero-order chi connectivity index (χ0) is 8.34. The number of aliphatic hydroxyl groups excluding tert-OH is 1. The summed E-state index contributed by atoms with van der Waals surface area (Å²) in [5, 5.41) is 9.93. The van der Waals surface area contributed by atoms with Gasteiger partial charge in [0.1, 0.15) is 0 Å². The van der Waals surface area contributed by atoms with Crippen LogP contribution in [-0.4, -0.2) is 11.2 Å². The van der Waals surface area contributed by atoms with Crippen molar-refractivity contribution in [3.8, 4) is 0 Å². The first kappa shape index (κ1) is 7.37. The molecule has 1 nitrogen and oxygen atoms in total. The van der Waals surface area contributed by atoms with Gasteiger partial charge in [-0.1, -0.05) is 13.3 Å². The van der Waals surface area contributed by atoms with Crippen molar-refractivity contribution in [2.24, 2.45) is 23.2 Å². The molecule has 1 heteroatoms. The Kier molecular flexibility index (Phi) is 1.27. The lowest BCUT2D eigenvalue weighted by Gasteiger charge is -2.36. The van der Waals surface area contributed by atoms with E-state index in [1.165, 1.54) is 25.7 Å². The van der Waals surface area contributed by atoms with Gasteiger partial charge in [0.15, 0.2) is 0 Å². The Balaban J connectivity index is 1.98. The topological polar surface area (TPSA) is 20.2 Å². The molecule has 0 aliphatic heterocycles. The molecular weight excluding hydrogens is 148 g/mol. The Morgan fingerprint density at radius 3 is 3.00 bits per heavy atom. The molecule has 3 saturated carbocycles. The van der Waals surface area contributed by atoms with Crippen LogP contribution < -0.4 is 0 Å². The molecular formula is C11H18O. The number of hydrogen-bond donors (Lipinski definition) is 1. The average Bonchev–Trinajstić information content (AvgIpc) is 2.60. The molecule has 3 fully saturated rings. The summed E-state index contributed by atoms with van der Waals surface area (Å²) in [5.74, 6) is 2.77. The number of fused-ring (bicyclic) bond motifs is 5. The van der Waals surface area contributed by atoms with Crippen LogP contribution in [0.5, 0.6) is 0 Å². The Hall–Kier alpha value is -0.0400. The van der Waals surface area contributed by atoms with Crippen LogP contribution in [0, 0.1) is 23.2 Å². The number of aliphatic hydroxyl groups is 1. The van der Waals surface area contributed by atoms with Gasteiger partial charge < -0.3 is 5.11 Å². The van der Waals surface area contributed by atoms with Gasteiger partial charge in [0.05, 0.1) is 6.10 Å². The molecule has 1 N–H and O–H groups in total. The third kappa shape index (κ3) is 0.654. The Labute approximate surface area is 74.2 Å². The van der Waals surface area contributed by atoms with Crippen molar-refractivity contribution >= 4 is 0 Å². The van der Waals surface area contributed by atoms with Crippen molar-refractivity contribution in [1.29, 1.82) is 0 Å². The largest absolute Gasteiger partial charge is 0.393 e. The van der Waals surface area contributed by atoms with E-state index in [0.29, 0.717) is 5.41 Å². The van der Waals surface area contributed by atoms with Gasteiger partial charge in [0.25, 0.3) is 0 Å². The van der Waals surface area contributed by atoms with Crippen LogP contribution in [0.3, 0.4) is 0 Å². The molecule has 0 radical (unpaired) electrons. The predicted octanol–water partition coefficient (Wildman–Crippen LogP) is 2.19. The van der Waals surface area contributed by atoms with E-state index in [4.69, 9.17) is 0 Å². The lowest BCUT2D eigenvalue weighted by molar-refractivity contribution is 0.0000380. The molecule has 0 heterocycles. The van der Waals surface area contributed by atoms with E-state index >= 15 is 0 Å². The number of rotatable bonds is 0. The van der Waals surface area contributed by atoms with Crippen molar-refractivity contribution in [3.05, 3.63) is 0 Å². The van der Waals surface area contributed by atoms with E-state index in [2.05, 4.69) is 6.92 Å². The fraction of sp³-hybridized carbons (Fsp3) is 1.00. The molecule has 3 aliphatic carbocycles. The standard InChI is InChI=1S/C11H18O/c1-11-6-7(5-10(11)12)8-3-2-4-9(8)11/h7-10,12H,2-6H2,1H3. The van der Waals surface area contributed by atoms with Crippen molar-refractivity contribution < 1.29 is 5.11 Å². The van der Waals surface area contributed by atoms with Crippen LogP contribution >= 0.6 is 0 Å². The maximum Gasteiger partial charge on any atom is 0.0599 e. The molecule has 0 amide bonds. The monoisotopic (exact) mass is 166 g/mol. The quantitative estimate of drug-likeness (QED) is 0.585.